The number of aliphatic hydroxyl groups is 1. The minimum absolute atomic E-state index is 0.0440. The molecule has 0 aliphatic heterocycles. The quantitative estimate of drug-likeness (QED) is 0.778. The highest BCUT2D eigenvalue weighted by molar-refractivity contribution is 5.41. The van der Waals surface area contributed by atoms with Crippen molar-refractivity contribution in [3.63, 3.8) is 0 Å². The van der Waals surface area contributed by atoms with E-state index in [0.29, 0.717) is 12.5 Å². The third kappa shape index (κ3) is 5.15. The molecule has 1 aromatic rings. The average Bonchev–Trinajstić information content (AvgIpc) is 3.30. The maximum absolute atomic E-state index is 13.4. The second-order valence-electron chi connectivity index (χ2n) is 5.63. The molecule has 114 valence electrons. The molecule has 2 rings (SSSR count). The Labute approximate surface area is 127 Å². The Kier molecular flexibility index (Phi) is 6.22. The van der Waals surface area contributed by atoms with Gasteiger partial charge in [-0.25, -0.2) is 4.39 Å². The first-order chi connectivity index (χ1) is 10.2. The number of nitrogens with zero attached hydrogens (tertiary/aromatic N) is 1. The van der Waals surface area contributed by atoms with Gasteiger partial charge < -0.3 is 5.11 Å². The van der Waals surface area contributed by atoms with Crippen molar-refractivity contribution in [2.24, 2.45) is 0 Å². The predicted molar refractivity (Wildman–Crippen MR) is 83.3 cm³/mol. The number of rotatable bonds is 7. The Morgan fingerprint density at radius 3 is 2.86 bits per heavy atom. The van der Waals surface area contributed by atoms with Crippen LogP contribution in [0, 0.1) is 17.7 Å². The smallest absolute Gasteiger partial charge is 0.124 e. The second-order valence-corrected chi connectivity index (χ2v) is 5.63. The topological polar surface area (TPSA) is 23.5 Å². The Morgan fingerprint density at radius 1 is 1.38 bits per heavy atom. The van der Waals surface area contributed by atoms with Gasteiger partial charge >= 0.3 is 0 Å². The van der Waals surface area contributed by atoms with Gasteiger partial charge in [0.05, 0.1) is 6.61 Å². The highest BCUT2D eigenvalue weighted by Crippen LogP contribution is 2.29. The highest BCUT2D eigenvalue weighted by Gasteiger charge is 2.28. The third-order valence-corrected chi connectivity index (χ3v) is 3.77. The molecular formula is C18H24FNO. The fourth-order valence-electron chi connectivity index (χ4n) is 2.43. The van der Waals surface area contributed by atoms with Crippen molar-refractivity contribution < 1.29 is 9.50 Å². The number of benzene rings is 1. The van der Waals surface area contributed by atoms with Crippen molar-refractivity contribution >= 4 is 0 Å². The van der Waals surface area contributed by atoms with Gasteiger partial charge in [-0.05, 0) is 43.5 Å². The molecule has 0 saturated heterocycles. The first kappa shape index (κ1) is 16.0. The molecule has 0 unspecified atom stereocenters. The number of hydrogen-bond donors (Lipinski definition) is 1. The highest BCUT2D eigenvalue weighted by atomic mass is 19.1. The van der Waals surface area contributed by atoms with Crippen molar-refractivity contribution in [2.75, 3.05) is 13.2 Å². The van der Waals surface area contributed by atoms with Crippen molar-refractivity contribution in [1.82, 2.24) is 4.90 Å². The zero-order valence-electron chi connectivity index (χ0n) is 12.7. The van der Waals surface area contributed by atoms with Crippen LogP contribution in [-0.2, 0) is 6.54 Å². The summed E-state index contributed by atoms with van der Waals surface area (Å²) in [6, 6.07) is 5.56. The Balaban J connectivity index is 2.11. The molecule has 21 heavy (non-hydrogen) atoms. The van der Waals surface area contributed by atoms with E-state index in [1.807, 2.05) is 6.07 Å². The first-order valence-electron chi connectivity index (χ1n) is 7.86. The van der Waals surface area contributed by atoms with Crippen LogP contribution in [0.5, 0.6) is 0 Å². The lowest BCUT2D eigenvalue weighted by molar-refractivity contribution is 0.250. The van der Waals surface area contributed by atoms with Crippen LogP contribution in [0.25, 0.3) is 0 Å². The van der Waals surface area contributed by atoms with Crippen LogP contribution in [0.4, 0.5) is 4.39 Å². The number of halogens is 1. The molecule has 0 heterocycles. The first-order valence-corrected chi connectivity index (χ1v) is 7.86. The molecule has 1 fully saturated rings. The molecule has 1 aromatic carbocycles. The fourth-order valence-corrected chi connectivity index (χ4v) is 2.43. The molecule has 0 amide bonds. The molecule has 0 aromatic heterocycles. The van der Waals surface area contributed by atoms with Crippen molar-refractivity contribution in [2.45, 2.75) is 51.6 Å². The molecule has 1 N–H and O–H groups in total. The van der Waals surface area contributed by atoms with Crippen LogP contribution in [0.2, 0.25) is 0 Å². The van der Waals surface area contributed by atoms with E-state index in [1.54, 1.807) is 0 Å². The van der Waals surface area contributed by atoms with E-state index in [1.165, 1.54) is 37.8 Å². The lowest BCUT2D eigenvalue weighted by Crippen LogP contribution is -2.27. The van der Waals surface area contributed by atoms with Crippen LogP contribution < -0.4 is 0 Å². The van der Waals surface area contributed by atoms with Gasteiger partial charge in [0.25, 0.3) is 0 Å². The summed E-state index contributed by atoms with van der Waals surface area (Å²) in [6.07, 6.45) is 5.37. The van der Waals surface area contributed by atoms with Gasteiger partial charge in [-0.3, -0.25) is 4.90 Å². The van der Waals surface area contributed by atoms with Gasteiger partial charge in [0, 0.05) is 24.6 Å². The monoisotopic (exact) mass is 289 g/mol. The van der Waals surface area contributed by atoms with E-state index in [2.05, 4.69) is 23.7 Å². The summed E-state index contributed by atoms with van der Waals surface area (Å²) < 4.78 is 13.4. The van der Waals surface area contributed by atoms with E-state index in [-0.39, 0.29) is 12.4 Å². The lowest BCUT2D eigenvalue weighted by atomic mass is 10.1. The number of unbranched alkanes of at least 4 members (excludes halogenated alkanes) is 1. The largest absolute Gasteiger partial charge is 0.395 e. The van der Waals surface area contributed by atoms with Crippen LogP contribution in [-0.4, -0.2) is 29.2 Å². The van der Waals surface area contributed by atoms with Crippen LogP contribution in [0.15, 0.2) is 18.2 Å². The van der Waals surface area contributed by atoms with Gasteiger partial charge in [-0.1, -0.05) is 31.3 Å². The standard InChI is InChI=1S/C18H24FNO/c1-2-3-11-20(18-9-10-18)14-16-7-8-17(19)13-15(16)6-4-5-12-21/h7-8,13,18,21H,2-3,5,9-12,14H2,1H3. The molecule has 1 aliphatic carbocycles. The summed E-state index contributed by atoms with van der Waals surface area (Å²) in [5.74, 6) is 5.64. The number of aliphatic hydroxyl groups excluding tert-OH is 1. The van der Waals surface area contributed by atoms with Gasteiger partial charge in [0.2, 0.25) is 0 Å². The zero-order chi connectivity index (χ0) is 15.1. The lowest BCUT2D eigenvalue weighted by Gasteiger charge is -2.22. The SMILES string of the molecule is CCCCN(Cc1ccc(F)cc1C#CCCO)C1CC1. The third-order valence-electron chi connectivity index (χ3n) is 3.77. The van der Waals surface area contributed by atoms with E-state index < -0.39 is 0 Å². The van der Waals surface area contributed by atoms with E-state index in [0.717, 1.165) is 24.2 Å². The second kappa shape index (κ2) is 8.17. The molecule has 3 heteroatoms. The van der Waals surface area contributed by atoms with E-state index in [9.17, 15) is 4.39 Å². The average molecular weight is 289 g/mol. The van der Waals surface area contributed by atoms with Crippen LogP contribution >= 0.6 is 0 Å². The maximum Gasteiger partial charge on any atom is 0.124 e. The molecule has 2 nitrogen and oxygen atoms in total. The van der Waals surface area contributed by atoms with Crippen LogP contribution in [0.1, 0.15) is 50.2 Å². The minimum atomic E-state index is -0.251. The van der Waals surface area contributed by atoms with Gasteiger partial charge in [0.1, 0.15) is 5.82 Å². The Bertz CT molecular complexity index is 514. The molecule has 1 saturated carbocycles. The van der Waals surface area contributed by atoms with Gasteiger partial charge in [-0.2, -0.15) is 0 Å². The summed E-state index contributed by atoms with van der Waals surface area (Å²) in [7, 11) is 0. The summed E-state index contributed by atoms with van der Waals surface area (Å²) in [5, 5.41) is 8.81. The van der Waals surface area contributed by atoms with E-state index >= 15 is 0 Å². The fraction of sp³-hybridized carbons (Fsp3) is 0.556. The maximum atomic E-state index is 13.4. The van der Waals surface area contributed by atoms with E-state index in [4.69, 9.17) is 5.11 Å². The van der Waals surface area contributed by atoms with Crippen molar-refractivity contribution in [1.29, 1.82) is 0 Å². The number of hydrogen-bond acceptors (Lipinski definition) is 2. The summed E-state index contributed by atoms with van der Waals surface area (Å²) in [5.41, 5.74) is 1.84. The normalized spacial score (nSPS) is 14.1. The predicted octanol–water partition coefficient (Wildman–Crippen LogP) is 3.32. The molecule has 0 radical (unpaired) electrons. The minimum Gasteiger partial charge on any atom is -0.395 e. The Hall–Kier alpha value is -1.37. The molecule has 0 bridgehead atoms. The molecule has 0 atom stereocenters. The van der Waals surface area contributed by atoms with Gasteiger partial charge in [-0.15, -0.1) is 0 Å². The molecule has 0 spiro atoms. The van der Waals surface area contributed by atoms with Crippen molar-refractivity contribution in [3.05, 3.63) is 35.1 Å². The summed E-state index contributed by atoms with van der Waals surface area (Å²) in [4.78, 5) is 2.49. The Morgan fingerprint density at radius 2 is 2.19 bits per heavy atom. The molecular weight excluding hydrogens is 265 g/mol. The zero-order valence-corrected chi connectivity index (χ0v) is 12.7. The summed E-state index contributed by atoms with van der Waals surface area (Å²) >= 11 is 0. The summed E-state index contributed by atoms with van der Waals surface area (Å²) in [6.45, 7) is 4.19. The van der Waals surface area contributed by atoms with Gasteiger partial charge in [0.15, 0.2) is 0 Å². The van der Waals surface area contributed by atoms with Crippen molar-refractivity contribution in [3.8, 4) is 11.8 Å². The molecule has 1 aliphatic rings. The van der Waals surface area contributed by atoms with Crippen LogP contribution in [0.3, 0.4) is 0 Å².